The molecule has 1 aromatic carbocycles. The minimum Gasteiger partial charge on any atom is -0.480 e. The summed E-state index contributed by atoms with van der Waals surface area (Å²) in [6.07, 6.45) is 2.16. The summed E-state index contributed by atoms with van der Waals surface area (Å²) in [5, 5.41) is 9.40. The summed E-state index contributed by atoms with van der Waals surface area (Å²) in [5.74, 6) is -0.255. The van der Waals surface area contributed by atoms with Crippen LogP contribution in [0.1, 0.15) is 18.4 Å². The molecule has 0 bridgehead atoms. The number of carbonyl (C=O) groups is 1. The number of rotatable bonds is 4. The first-order valence-electron chi connectivity index (χ1n) is 7.43. The Bertz CT molecular complexity index is 491. The zero-order valence-corrected chi connectivity index (χ0v) is 12.0. The Hall–Kier alpha value is -1.55. The number of anilines is 1. The van der Waals surface area contributed by atoms with Crippen molar-refractivity contribution in [3.8, 4) is 0 Å². The van der Waals surface area contributed by atoms with Gasteiger partial charge in [-0.25, -0.2) is 0 Å². The molecule has 1 atom stereocenters. The number of carboxylic acids is 1. The highest BCUT2D eigenvalue weighted by Gasteiger charge is 2.41. The summed E-state index contributed by atoms with van der Waals surface area (Å²) in [7, 11) is 0. The predicted octanol–water partition coefficient (Wildman–Crippen LogP) is 1.98. The van der Waals surface area contributed by atoms with Gasteiger partial charge in [-0.2, -0.15) is 0 Å². The molecule has 108 valence electrons. The van der Waals surface area contributed by atoms with E-state index in [1.807, 2.05) is 0 Å². The molecule has 3 rings (SSSR count). The molecule has 1 saturated heterocycles. The van der Waals surface area contributed by atoms with E-state index in [1.54, 1.807) is 0 Å². The van der Waals surface area contributed by atoms with Crippen molar-refractivity contribution in [2.75, 3.05) is 31.1 Å². The van der Waals surface area contributed by atoms with Crippen LogP contribution >= 0.6 is 0 Å². The van der Waals surface area contributed by atoms with Gasteiger partial charge in [-0.1, -0.05) is 12.1 Å². The number of hydrogen-bond acceptors (Lipinski definition) is 3. The molecule has 1 heterocycles. The molecule has 1 N–H and O–H groups in total. The monoisotopic (exact) mass is 274 g/mol. The fourth-order valence-electron chi connectivity index (χ4n) is 3.15. The summed E-state index contributed by atoms with van der Waals surface area (Å²) < 4.78 is 0. The zero-order chi connectivity index (χ0) is 14.1. The van der Waals surface area contributed by atoms with Crippen LogP contribution in [-0.2, 0) is 4.79 Å². The summed E-state index contributed by atoms with van der Waals surface area (Å²) in [6, 6.07) is 8.27. The van der Waals surface area contributed by atoms with Crippen molar-refractivity contribution in [2.24, 2.45) is 5.92 Å². The number of benzene rings is 1. The van der Waals surface area contributed by atoms with E-state index in [1.165, 1.54) is 11.3 Å². The molecule has 20 heavy (non-hydrogen) atoms. The van der Waals surface area contributed by atoms with Crippen molar-refractivity contribution >= 4 is 11.7 Å². The molecular formula is C16H22N2O2. The van der Waals surface area contributed by atoms with Crippen LogP contribution in [0.3, 0.4) is 0 Å². The highest BCUT2D eigenvalue weighted by Crippen LogP contribution is 2.36. The van der Waals surface area contributed by atoms with Crippen LogP contribution in [0, 0.1) is 12.8 Å². The van der Waals surface area contributed by atoms with Crippen molar-refractivity contribution < 1.29 is 9.90 Å². The van der Waals surface area contributed by atoms with Gasteiger partial charge < -0.3 is 10.0 Å². The first kappa shape index (κ1) is 13.4. The van der Waals surface area contributed by atoms with Gasteiger partial charge in [0, 0.05) is 31.9 Å². The number of aryl methyl sites for hydroxylation is 1. The van der Waals surface area contributed by atoms with E-state index in [9.17, 15) is 9.90 Å². The maximum atomic E-state index is 11.4. The van der Waals surface area contributed by atoms with Gasteiger partial charge in [-0.3, -0.25) is 9.69 Å². The molecule has 1 saturated carbocycles. The quantitative estimate of drug-likeness (QED) is 0.912. The van der Waals surface area contributed by atoms with Gasteiger partial charge in [0.2, 0.25) is 0 Å². The highest BCUT2D eigenvalue weighted by atomic mass is 16.4. The molecule has 4 nitrogen and oxygen atoms in total. The van der Waals surface area contributed by atoms with Crippen molar-refractivity contribution in [3.63, 3.8) is 0 Å². The van der Waals surface area contributed by atoms with Gasteiger partial charge in [0.05, 0.1) is 0 Å². The second-order valence-electron chi connectivity index (χ2n) is 5.98. The third-order valence-electron chi connectivity index (χ3n) is 4.40. The smallest absolute Gasteiger partial charge is 0.321 e. The summed E-state index contributed by atoms with van der Waals surface area (Å²) >= 11 is 0. The van der Waals surface area contributed by atoms with E-state index in [0.717, 1.165) is 39.0 Å². The van der Waals surface area contributed by atoms with Crippen LogP contribution in [0.4, 0.5) is 5.69 Å². The number of hydrogen-bond donors (Lipinski definition) is 1. The maximum Gasteiger partial charge on any atom is 0.321 e. The van der Waals surface area contributed by atoms with E-state index < -0.39 is 5.97 Å². The van der Waals surface area contributed by atoms with Crippen LogP contribution in [0.5, 0.6) is 0 Å². The fourth-order valence-corrected chi connectivity index (χ4v) is 3.15. The molecular weight excluding hydrogens is 252 g/mol. The first-order valence-corrected chi connectivity index (χ1v) is 7.43. The fraction of sp³-hybridized carbons (Fsp3) is 0.562. The molecule has 2 fully saturated rings. The summed E-state index contributed by atoms with van der Waals surface area (Å²) in [6.45, 7) is 5.63. The summed E-state index contributed by atoms with van der Waals surface area (Å²) in [5.41, 5.74) is 2.52. The van der Waals surface area contributed by atoms with Crippen molar-refractivity contribution in [1.82, 2.24) is 4.90 Å². The molecule has 1 aromatic rings. The van der Waals surface area contributed by atoms with E-state index in [2.05, 4.69) is 41.0 Å². The van der Waals surface area contributed by atoms with Gasteiger partial charge in [-0.15, -0.1) is 0 Å². The Balaban J connectivity index is 1.63. The van der Waals surface area contributed by atoms with Crippen molar-refractivity contribution in [1.29, 1.82) is 0 Å². The van der Waals surface area contributed by atoms with E-state index >= 15 is 0 Å². The van der Waals surface area contributed by atoms with Gasteiger partial charge in [-0.05, 0) is 43.4 Å². The molecule has 2 aliphatic rings. The molecule has 1 aliphatic carbocycles. The molecule has 1 unspecified atom stereocenters. The number of aliphatic carboxylic acids is 1. The third-order valence-corrected chi connectivity index (χ3v) is 4.40. The molecule has 0 spiro atoms. The van der Waals surface area contributed by atoms with Crippen LogP contribution in [-0.4, -0.2) is 48.2 Å². The van der Waals surface area contributed by atoms with E-state index in [0.29, 0.717) is 5.92 Å². The minimum absolute atomic E-state index is 0.255. The number of nitrogens with zero attached hydrogens (tertiary/aromatic N) is 2. The van der Waals surface area contributed by atoms with Crippen LogP contribution in [0.15, 0.2) is 24.3 Å². The molecule has 0 aromatic heterocycles. The third kappa shape index (κ3) is 2.80. The molecule has 0 amide bonds. The van der Waals surface area contributed by atoms with Crippen LogP contribution in [0.2, 0.25) is 0 Å². The number of piperazine rings is 1. The SMILES string of the molecule is Cc1cccc(N2CCN(C(C(=O)O)C3CC3)CC2)c1. The Morgan fingerprint density at radius 2 is 1.95 bits per heavy atom. The lowest BCUT2D eigenvalue weighted by Gasteiger charge is -2.39. The average Bonchev–Trinajstić information content (AvgIpc) is 3.24. The maximum absolute atomic E-state index is 11.4. The largest absolute Gasteiger partial charge is 0.480 e. The zero-order valence-electron chi connectivity index (χ0n) is 12.0. The average molecular weight is 274 g/mol. The van der Waals surface area contributed by atoms with Crippen molar-refractivity contribution in [2.45, 2.75) is 25.8 Å². The lowest BCUT2D eigenvalue weighted by atomic mass is 10.1. The topological polar surface area (TPSA) is 43.8 Å². The van der Waals surface area contributed by atoms with E-state index in [-0.39, 0.29) is 6.04 Å². The molecule has 0 radical (unpaired) electrons. The molecule has 4 heteroatoms. The predicted molar refractivity (Wildman–Crippen MR) is 79.1 cm³/mol. The Labute approximate surface area is 120 Å². The van der Waals surface area contributed by atoms with Gasteiger partial charge >= 0.3 is 5.97 Å². The Kier molecular flexibility index (Phi) is 3.66. The molecule has 1 aliphatic heterocycles. The van der Waals surface area contributed by atoms with Gasteiger partial charge in [0.25, 0.3) is 0 Å². The van der Waals surface area contributed by atoms with Crippen LogP contribution in [0.25, 0.3) is 0 Å². The second kappa shape index (κ2) is 5.44. The Morgan fingerprint density at radius 3 is 2.50 bits per heavy atom. The first-order chi connectivity index (χ1) is 9.65. The Morgan fingerprint density at radius 1 is 1.25 bits per heavy atom. The van der Waals surface area contributed by atoms with E-state index in [4.69, 9.17) is 0 Å². The van der Waals surface area contributed by atoms with Crippen LogP contribution < -0.4 is 4.90 Å². The van der Waals surface area contributed by atoms with Crippen molar-refractivity contribution in [3.05, 3.63) is 29.8 Å². The normalized spacial score (nSPS) is 21.8. The lowest BCUT2D eigenvalue weighted by molar-refractivity contribution is -0.144. The highest BCUT2D eigenvalue weighted by molar-refractivity contribution is 5.74. The lowest BCUT2D eigenvalue weighted by Crippen LogP contribution is -2.53. The second-order valence-corrected chi connectivity index (χ2v) is 5.98. The standard InChI is InChI=1S/C16H22N2O2/c1-12-3-2-4-14(11-12)17-7-9-18(10-8-17)15(16(19)20)13-5-6-13/h2-4,11,13,15H,5-10H2,1H3,(H,19,20). The van der Waals surface area contributed by atoms with Gasteiger partial charge in [0.1, 0.15) is 6.04 Å². The summed E-state index contributed by atoms with van der Waals surface area (Å²) in [4.78, 5) is 15.9. The minimum atomic E-state index is -0.642. The number of carboxylic acid groups (broad SMARTS) is 1. The van der Waals surface area contributed by atoms with Gasteiger partial charge in [0.15, 0.2) is 0 Å².